The topological polar surface area (TPSA) is 84.9 Å². The highest BCUT2D eigenvalue weighted by Crippen LogP contribution is 2.33. The second kappa shape index (κ2) is 7.04. The van der Waals surface area contributed by atoms with Crippen LogP contribution in [0.4, 0.5) is 0 Å². The number of nitrogens with one attached hydrogen (secondary N) is 1. The molecular weight excluding hydrogens is 320 g/mol. The zero-order valence-electron chi connectivity index (χ0n) is 13.6. The summed E-state index contributed by atoms with van der Waals surface area (Å²) in [7, 11) is -3.19. The average Bonchev–Trinajstić information content (AvgIpc) is 2.96. The molecule has 3 rings (SSSR count). The van der Waals surface area contributed by atoms with Gasteiger partial charge in [-0.3, -0.25) is 4.79 Å². The molecule has 0 saturated carbocycles. The monoisotopic (exact) mass is 346 g/mol. The Labute approximate surface area is 137 Å². The smallest absolute Gasteiger partial charge is 0.249 e. The van der Waals surface area contributed by atoms with E-state index in [9.17, 15) is 13.2 Å². The van der Waals surface area contributed by atoms with E-state index < -0.39 is 16.1 Å². The summed E-state index contributed by atoms with van der Waals surface area (Å²) in [6.45, 7) is 2.70. The maximum Gasteiger partial charge on any atom is 0.249 e. The highest BCUT2D eigenvalue weighted by molar-refractivity contribution is 7.88. The lowest BCUT2D eigenvalue weighted by molar-refractivity contribution is -0.143. The number of fused-ring (bicyclic) bond motifs is 1. The Bertz CT molecular complexity index is 532. The molecule has 7 nitrogen and oxygen atoms in total. The molecule has 3 atom stereocenters. The van der Waals surface area contributed by atoms with Crippen molar-refractivity contribution in [1.29, 1.82) is 0 Å². The maximum absolute atomic E-state index is 12.3. The van der Waals surface area contributed by atoms with Gasteiger partial charge in [-0.1, -0.05) is 0 Å². The van der Waals surface area contributed by atoms with Crippen LogP contribution in [0.15, 0.2) is 0 Å². The predicted molar refractivity (Wildman–Crippen MR) is 84.4 cm³/mol. The zero-order valence-corrected chi connectivity index (χ0v) is 14.4. The lowest BCUT2D eigenvalue weighted by Gasteiger charge is -2.34. The van der Waals surface area contributed by atoms with E-state index >= 15 is 0 Å². The lowest BCUT2D eigenvalue weighted by Crippen LogP contribution is -2.49. The Morgan fingerprint density at radius 3 is 2.61 bits per heavy atom. The van der Waals surface area contributed by atoms with E-state index in [1.54, 1.807) is 0 Å². The van der Waals surface area contributed by atoms with Crippen molar-refractivity contribution in [3.8, 4) is 0 Å². The molecule has 1 amide bonds. The Morgan fingerprint density at radius 1 is 1.17 bits per heavy atom. The number of carbonyl (C=O) groups is 1. The summed E-state index contributed by atoms with van der Waals surface area (Å²) in [4.78, 5) is 12.3. The summed E-state index contributed by atoms with van der Waals surface area (Å²) in [6.07, 6.45) is 4.54. The molecule has 132 valence electrons. The SMILES string of the molecule is CS(=O)(=O)N1CC[C@@H]2O[C@H](C(=O)NCC3CCOCC3)CC[C@@H]21. The van der Waals surface area contributed by atoms with Crippen LogP contribution in [0.1, 0.15) is 32.1 Å². The van der Waals surface area contributed by atoms with Crippen molar-refractivity contribution in [3.05, 3.63) is 0 Å². The molecule has 0 aromatic rings. The van der Waals surface area contributed by atoms with Gasteiger partial charge in [-0.2, -0.15) is 4.31 Å². The summed E-state index contributed by atoms with van der Waals surface area (Å²) in [5.41, 5.74) is 0. The van der Waals surface area contributed by atoms with Crippen molar-refractivity contribution in [2.75, 3.05) is 32.6 Å². The van der Waals surface area contributed by atoms with Gasteiger partial charge in [0.25, 0.3) is 0 Å². The molecule has 1 N–H and O–H groups in total. The van der Waals surface area contributed by atoms with Crippen LogP contribution in [-0.4, -0.2) is 69.4 Å². The standard InChI is InChI=1S/C15H26N2O5S/c1-23(19,20)17-7-4-13-12(17)2-3-14(22-13)15(18)16-10-11-5-8-21-9-6-11/h11-14H,2-10H2,1H3,(H,16,18)/t12-,13-,14-/m0/s1. The van der Waals surface area contributed by atoms with Crippen LogP contribution in [0.2, 0.25) is 0 Å². The molecule has 0 aromatic carbocycles. The fourth-order valence-corrected chi connectivity index (χ4v) is 4.97. The summed E-state index contributed by atoms with van der Waals surface area (Å²) >= 11 is 0. The lowest BCUT2D eigenvalue weighted by atomic mass is 9.98. The Balaban J connectivity index is 1.49. The van der Waals surface area contributed by atoms with Gasteiger partial charge in [0.1, 0.15) is 6.10 Å². The first kappa shape index (κ1) is 17.1. The van der Waals surface area contributed by atoms with Crippen molar-refractivity contribution >= 4 is 15.9 Å². The first-order valence-corrected chi connectivity index (χ1v) is 10.3. The number of hydrogen-bond donors (Lipinski definition) is 1. The van der Waals surface area contributed by atoms with E-state index in [4.69, 9.17) is 9.47 Å². The van der Waals surface area contributed by atoms with E-state index in [2.05, 4.69) is 5.32 Å². The van der Waals surface area contributed by atoms with Crippen LogP contribution in [0, 0.1) is 5.92 Å². The van der Waals surface area contributed by atoms with E-state index in [1.807, 2.05) is 0 Å². The third-order valence-corrected chi connectivity index (χ3v) is 6.43. The van der Waals surface area contributed by atoms with Crippen molar-refractivity contribution < 1.29 is 22.7 Å². The van der Waals surface area contributed by atoms with Crippen LogP contribution >= 0.6 is 0 Å². The quantitative estimate of drug-likeness (QED) is 0.781. The fourth-order valence-electron chi connectivity index (χ4n) is 3.80. The summed E-state index contributed by atoms with van der Waals surface area (Å²) in [6, 6.07) is -0.107. The molecule has 0 unspecified atom stereocenters. The average molecular weight is 346 g/mol. The molecule has 3 aliphatic heterocycles. The molecule has 3 aliphatic rings. The van der Waals surface area contributed by atoms with Gasteiger partial charge in [0.05, 0.1) is 18.4 Å². The number of ether oxygens (including phenoxy) is 2. The van der Waals surface area contributed by atoms with E-state index in [0.717, 1.165) is 26.1 Å². The van der Waals surface area contributed by atoms with Gasteiger partial charge in [0.2, 0.25) is 15.9 Å². The van der Waals surface area contributed by atoms with Crippen LogP contribution in [0.25, 0.3) is 0 Å². The van der Waals surface area contributed by atoms with Gasteiger partial charge in [-0.15, -0.1) is 0 Å². The van der Waals surface area contributed by atoms with Crippen LogP contribution in [-0.2, 0) is 24.3 Å². The first-order valence-electron chi connectivity index (χ1n) is 8.43. The highest BCUT2D eigenvalue weighted by atomic mass is 32.2. The minimum absolute atomic E-state index is 0.0623. The van der Waals surface area contributed by atoms with E-state index in [1.165, 1.54) is 10.6 Å². The summed E-state index contributed by atoms with van der Waals surface area (Å²) < 4.78 is 36.3. The molecule has 0 aliphatic carbocycles. The minimum atomic E-state index is -3.19. The molecular formula is C15H26N2O5S. The number of nitrogens with zero attached hydrogens (tertiary/aromatic N) is 1. The Morgan fingerprint density at radius 2 is 1.91 bits per heavy atom. The molecule has 3 heterocycles. The third-order valence-electron chi connectivity index (χ3n) is 5.12. The molecule has 3 saturated heterocycles. The molecule has 0 bridgehead atoms. The van der Waals surface area contributed by atoms with Crippen molar-refractivity contribution in [2.45, 2.75) is 50.4 Å². The number of rotatable bonds is 4. The third kappa shape index (κ3) is 4.04. The zero-order chi connectivity index (χ0) is 16.4. The molecule has 0 aromatic heterocycles. The van der Waals surface area contributed by atoms with Gasteiger partial charge in [0, 0.05) is 26.3 Å². The fraction of sp³-hybridized carbons (Fsp3) is 0.933. The number of amides is 1. The van der Waals surface area contributed by atoms with Gasteiger partial charge in [0.15, 0.2) is 0 Å². The summed E-state index contributed by atoms with van der Waals surface area (Å²) in [5.74, 6) is 0.420. The molecule has 0 radical (unpaired) electrons. The molecule has 23 heavy (non-hydrogen) atoms. The van der Waals surface area contributed by atoms with Gasteiger partial charge < -0.3 is 14.8 Å². The van der Waals surface area contributed by atoms with Gasteiger partial charge >= 0.3 is 0 Å². The van der Waals surface area contributed by atoms with Crippen LogP contribution in [0.3, 0.4) is 0 Å². The van der Waals surface area contributed by atoms with E-state index in [-0.39, 0.29) is 18.1 Å². The second-order valence-electron chi connectivity index (χ2n) is 6.77. The van der Waals surface area contributed by atoms with Gasteiger partial charge in [-0.25, -0.2) is 8.42 Å². The maximum atomic E-state index is 12.3. The first-order chi connectivity index (χ1) is 10.9. The largest absolute Gasteiger partial charge is 0.381 e. The molecule has 3 fully saturated rings. The minimum Gasteiger partial charge on any atom is -0.381 e. The molecule has 0 spiro atoms. The van der Waals surface area contributed by atoms with Crippen LogP contribution < -0.4 is 5.32 Å². The van der Waals surface area contributed by atoms with E-state index in [0.29, 0.717) is 38.3 Å². The van der Waals surface area contributed by atoms with Crippen molar-refractivity contribution in [2.24, 2.45) is 5.92 Å². The highest BCUT2D eigenvalue weighted by Gasteiger charge is 2.44. The number of hydrogen-bond acceptors (Lipinski definition) is 5. The predicted octanol–water partition coefficient (Wildman–Crippen LogP) is 0.111. The molecule has 8 heteroatoms. The normalized spacial score (nSPS) is 33.3. The Hall–Kier alpha value is -0.700. The van der Waals surface area contributed by atoms with Gasteiger partial charge in [-0.05, 0) is 38.0 Å². The van der Waals surface area contributed by atoms with Crippen molar-refractivity contribution in [3.63, 3.8) is 0 Å². The Kier molecular flexibility index (Phi) is 5.25. The van der Waals surface area contributed by atoms with Crippen molar-refractivity contribution in [1.82, 2.24) is 9.62 Å². The van der Waals surface area contributed by atoms with Crippen LogP contribution in [0.5, 0.6) is 0 Å². The number of sulfonamides is 1. The second-order valence-corrected chi connectivity index (χ2v) is 8.71. The number of carbonyl (C=O) groups excluding carboxylic acids is 1. The summed E-state index contributed by atoms with van der Waals surface area (Å²) in [5, 5.41) is 2.99.